The van der Waals surface area contributed by atoms with Gasteiger partial charge in [-0.05, 0) is 50.5 Å². The molecule has 0 aromatic heterocycles. The van der Waals surface area contributed by atoms with Crippen molar-refractivity contribution in [2.75, 3.05) is 19.6 Å². The van der Waals surface area contributed by atoms with Gasteiger partial charge in [-0.2, -0.15) is 0 Å². The monoisotopic (exact) mass is 496 g/mol. The molecular weight excluding hydrogens is 456 g/mol. The Labute approximate surface area is 214 Å². The second-order valence-electron chi connectivity index (χ2n) is 10.5. The van der Waals surface area contributed by atoms with Gasteiger partial charge in [0.15, 0.2) is 0 Å². The maximum atomic E-state index is 13.4. The zero-order valence-corrected chi connectivity index (χ0v) is 21.3. The van der Waals surface area contributed by atoms with Gasteiger partial charge in [-0.25, -0.2) is 4.79 Å². The average molecular weight is 497 g/mol. The number of amides is 5. The van der Waals surface area contributed by atoms with E-state index in [4.69, 9.17) is 0 Å². The minimum absolute atomic E-state index is 0.0254. The van der Waals surface area contributed by atoms with Gasteiger partial charge in [0.25, 0.3) is 0 Å². The highest BCUT2D eigenvalue weighted by atomic mass is 16.2. The predicted octanol–water partition coefficient (Wildman–Crippen LogP) is 3.40. The second-order valence-corrected chi connectivity index (χ2v) is 10.5. The number of hydrogen-bond acceptors (Lipinski definition) is 4. The van der Waals surface area contributed by atoms with Crippen LogP contribution in [-0.4, -0.2) is 65.3 Å². The van der Waals surface area contributed by atoms with E-state index in [0.29, 0.717) is 38.4 Å². The van der Waals surface area contributed by atoms with E-state index in [0.717, 1.165) is 50.5 Å². The summed E-state index contributed by atoms with van der Waals surface area (Å²) in [5.74, 6) is -0.485. The molecule has 1 aromatic carbocycles. The van der Waals surface area contributed by atoms with E-state index < -0.39 is 0 Å². The fourth-order valence-electron chi connectivity index (χ4n) is 5.88. The van der Waals surface area contributed by atoms with Crippen molar-refractivity contribution in [1.82, 2.24) is 20.4 Å². The van der Waals surface area contributed by atoms with E-state index in [1.807, 2.05) is 30.3 Å². The molecule has 4 rings (SSSR count). The standard InChI is InChI=1S/C28H40N4O4/c33-25(30-22-12-4-5-13-22)16-8-9-19-31-27(35)23-14-6-7-15-24(23)32(28(31)36)20-26(34)29-18-17-21-10-2-1-3-11-21/h1-3,10-11,22-24H,4-9,12-20H2,(H,29,34)(H,30,33). The van der Waals surface area contributed by atoms with E-state index in [-0.39, 0.29) is 42.3 Å². The molecule has 2 atom stereocenters. The van der Waals surface area contributed by atoms with E-state index >= 15 is 0 Å². The van der Waals surface area contributed by atoms with Crippen LogP contribution in [0, 0.1) is 5.92 Å². The summed E-state index contributed by atoms with van der Waals surface area (Å²) in [6, 6.07) is 9.69. The summed E-state index contributed by atoms with van der Waals surface area (Å²) in [5.41, 5.74) is 1.15. The summed E-state index contributed by atoms with van der Waals surface area (Å²) in [7, 11) is 0. The molecule has 36 heavy (non-hydrogen) atoms. The number of imide groups is 1. The highest BCUT2D eigenvalue weighted by Gasteiger charge is 2.47. The fourth-order valence-corrected chi connectivity index (χ4v) is 5.88. The predicted molar refractivity (Wildman–Crippen MR) is 137 cm³/mol. The number of urea groups is 1. The zero-order chi connectivity index (χ0) is 25.3. The summed E-state index contributed by atoms with van der Waals surface area (Å²) >= 11 is 0. The number of carbonyl (C=O) groups is 4. The van der Waals surface area contributed by atoms with Gasteiger partial charge in [-0.15, -0.1) is 0 Å². The summed E-state index contributed by atoms with van der Waals surface area (Å²) in [5, 5.41) is 6.02. The Morgan fingerprint density at radius 2 is 1.61 bits per heavy atom. The molecule has 8 nitrogen and oxygen atoms in total. The summed E-state index contributed by atoms with van der Waals surface area (Å²) in [6.45, 7) is 0.774. The summed E-state index contributed by atoms with van der Waals surface area (Å²) < 4.78 is 0. The zero-order valence-electron chi connectivity index (χ0n) is 21.3. The average Bonchev–Trinajstić information content (AvgIpc) is 3.39. The smallest absolute Gasteiger partial charge is 0.327 e. The normalized spacial score (nSPS) is 22.4. The van der Waals surface area contributed by atoms with Gasteiger partial charge in [0.2, 0.25) is 17.7 Å². The number of nitrogens with zero attached hydrogens (tertiary/aromatic N) is 2. The summed E-state index contributed by atoms with van der Waals surface area (Å²) in [4.78, 5) is 54.4. The molecule has 1 heterocycles. The molecule has 0 radical (unpaired) electrons. The number of nitrogens with one attached hydrogen (secondary N) is 2. The first-order valence-electron chi connectivity index (χ1n) is 13.7. The Hall–Kier alpha value is -2.90. The van der Waals surface area contributed by atoms with Crippen LogP contribution in [-0.2, 0) is 20.8 Å². The minimum atomic E-state index is -0.364. The lowest BCUT2D eigenvalue weighted by Crippen LogP contribution is -2.64. The van der Waals surface area contributed by atoms with Crippen LogP contribution in [0.4, 0.5) is 4.79 Å². The van der Waals surface area contributed by atoms with Crippen LogP contribution in [0.3, 0.4) is 0 Å². The first kappa shape index (κ1) is 26.2. The van der Waals surface area contributed by atoms with Crippen LogP contribution in [0.15, 0.2) is 30.3 Å². The molecule has 8 heteroatoms. The number of carbonyl (C=O) groups excluding carboxylic acids is 4. The van der Waals surface area contributed by atoms with Crippen LogP contribution in [0.2, 0.25) is 0 Å². The van der Waals surface area contributed by atoms with Gasteiger partial charge >= 0.3 is 6.03 Å². The molecular formula is C28H40N4O4. The van der Waals surface area contributed by atoms with Crippen molar-refractivity contribution in [3.8, 4) is 0 Å². The lowest BCUT2D eigenvalue weighted by atomic mass is 9.81. The molecule has 2 saturated carbocycles. The van der Waals surface area contributed by atoms with Gasteiger partial charge in [0.1, 0.15) is 6.54 Å². The molecule has 5 amide bonds. The molecule has 0 spiro atoms. The molecule has 0 bridgehead atoms. The number of unbranched alkanes of at least 4 members (excludes halogenated alkanes) is 1. The molecule has 2 unspecified atom stereocenters. The van der Waals surface area contributed by atoms with E-state index in [1.54, 1.807) is 4.90 Å². The van der Waals surface area contributed by atoms with Crippen molar-refractivity contribution < 1.29 is 19.2 Å². The molecule has 196 valence electrons. The highest BCUT2D eigenvalue weighted by Crippen LogP contribution is 2.34. The Morgan fingerprint density at radius 1 is 0.889 bits per heavy atom. The van der Waals surface area contributed by atoms with Crippen LogP contribution in [0.1, 0.15) is 76.2 Å². The van der Waals surface area contributed by atoms with Crippen LogP contribution in [0.5, 0.6) is 0 Å². The van der Waals surface area contributed by atoms with Crippen molar-refractivity contribution in [2.45, 2.75) is 89.1 Å². The first-order valence-corrected chi connectivity index (χ1v) is 13.7. The molecule has 2 aliphatic carbocycles. The first-order chi connectivity index (χ1) is 17.5. The van der Waals surface area contributed by atoms with Gasteiger partial charge in [-0.3, -0.25) is 19.3 Å². The molecule has 1 aromatic rings. The lowest BCUT2D eigenvalue weighted by Gasteiger charge is -2.46. The van der Waals surface area contributed by atoms with Crippen molar-refractivity contribution >= 4 is 23.8 Å². The quantitative estimate of drug-likeness (QED) is 0.459. The molecule has 2 N–H and O–H groups in total. The van der Waals surface area contributed by atoms with Crippen molar-refractivity contribution in [2.24, 2.45) is 5.92 Å². The molecule has 3 fully saturated rings. The van der Waals surface area contributed by atoms with Crippen molar-refractivity contribution in [1.29, 1.82) is 0 Å². The van der Waals surface area contributed by atoms with Gasteiger partial charge < -0.3 is 15.5 Å². The van der Waals surface area contributed by atoms with E-state index in [9.17, 15) is 19.2 Å². The highest BCUT2D eigenvalue weighted by molar-refractivity contribution is 6.00. The van der Waals surface area contributed by atoms with E-state index in [1.165, 1.54) is 17.7 Å². The molecule has 3 aliphatic rings. The maximum Gasteiger partial charge on any atom is 0.327 e. The van der Waals surface area contributed by atoms with Gasteiger partial charge in [0, 0.05) is 31.6 Å². The Morgan fingerprint density at radius 3 is 2.39 bits per heavy atom. The van der Waals surface area contributed by atoms with Crippen LogP contribution in [0.25, 0.3) is 0 Å². The third-order valence-electron chi connectivity index (χ3n) is 7.84. The van der Waals surface area contributed by atoms with Crippen molar-refractivity contribution in [3.05, 3.63) is 35.9 Å². The number of hydrogen-bond donors (Lipinski definition) is 2. The topological polar surface area (TPSA) is 98.8 Å². The molecule has 1 aliphatic heterocycles. The third kappa shape index (κ3) is 6.86. The summed E-state index contributed by atoms with van der Waals surface area (Å²) in [6.07, 6.45) is 10.3. The number of benzene rings is 1. The maximum absolute atomic E-state index is 13.4. The van der Waals surface area contributed by atoms with E-state index in [2.05, 4.69) is 10.6 Å². The Bertz CT molecular complexity index is 915. The number of rotatable bonds is 11. The van der Waals surface area contributed by atoms with Gasteiger partial charge in [0.05, 0.1) is 5.92 Å². The fraction of sp³-hybridized carbons (Fsp3) is 0.643. The third-order valence-corrected chi connectivity index (χ3v) is 7.84. The van der Waals surface area contributed by atoms with Crippen LogP contribution >= 0.6 is 0 Å². The Kier molecular flexibility index (Phi) is 9.36. The largest absolute Gasteiger partial charge is 0.354 e. The molecule has 1 saturated heterocycles. The van der Waals surface area contributed by atoms with Gasteiger partial charge in [-0.1, -0.05) is 56.0 Å². The second kappa shape index (κ2) is 12.9. The van der Waals surface area contributed by atoms with Crippen molar-refractivity contribution in [3.63, 3.8) is 0 Å². The minimum Gasteiger partial charge on any atom is -0.354 e. The number of fused-ring (bicyclic) bond motifs is 1. The lowest BCUT2D eigenvalue weighted by molar-refractivity contribution is -0.142. The Balaban J connectivity index is 1.28. The SMILES string of the molecule is O=C(CN1C(=O)N(CCCCC(=O)NC2CCCC2)C(=O)C2CCCCC21)NCCc1ccccc1. The van der Waals surface area contributed by atoms with Crippen LogP contribution < -0.4 is 10.6 Å².